The Balaban J connectivity index is 2.99. The molecule has 0 bridgehead atoms. The van der Waals surface area contributed by atoms with Crippen LogP contribution in [0.4, 0.5) is 0 Å². The van der Waals surface area contributed by atoms with Crippen molar-refractivity contribution in [2.45, 2.75) is 66.0 Å². The third-order valence-electron chi connectivity index (χ3n) is 4.15. The van der Waals surface area contributed by atoms with E-state index in [2.05, 4.69) is 50.8 Å². The summed E-state index contributed by atoms with van der Waals surface area (Å²) in [6, 6.07) is 0. The smallest absolute Gasteiger partial charge is 0.00687 e. The minimum Gasteiger partial charge on any atom is -0.130 e. The summed E-state index contributed by atoms with van der Waals surface area (Å²) in [5, 5.41) is 0.450. The van der Waals surface area contributed by atoms with E-state index in [-0.39, 0.29) is 0 Å². The van der Waals surface area contributed by atoms with Crippen LogP contribution in [-0.4, -0.2) is 5.16 Å². The third-order valence-corrected chi connectivity index (χ3v) is 5.70. The standard InChI is InChI=1S/C13H27P/c1-11(2,3)10-8-7-9-13(10,14)12(4,5)6/h10H,7-9,14H2,1-6H3. The Labute approximate surface area is 92.4 Å². The first-order valence-corrected chi connectivity index (χ1v) is 6.46. The third kappa shape index (κ3) is 2.01. The van der Waals surface area contributed by atoms with Gasteiger partial charge in [-0.3, -0.25) is 0 Å². The summed E-state index contributed by atoms with van der Waals surface area (Å²) in [6.45, 7) is 14.4. The largest absolute Gasteiger partial charge is 0.130 e. The summed E-state index contributed by atoms with van der Waals surface area (Å²) in [7, 11) is 3.20. The van der Waals surface area contributed by atoms with Crippen LogP contribution < -0.4 is 0 Å². The van der Waals surface area contributed by atoms with Gasteiger partial charge in [-0.15, -0.1) is 9.24 Å². The molecule has 0 nitrogen and oxygen atoms in total. The molecule has 0 saturated heterocycles. The van der Waals surface area contributed by atoms with Crippen LogP contribution in [0, 0.1) is 16.7 Å². The Morgan fingerprint density at radius 2 is 1.57 bits per heavy atom. The van der Waals surface area contributed by atoms with E-state index in [9.17, 15) is 0 Å². The molecule has 14 heavy (non-hydrogen) atoms. The molecule has 0 spiro atoms. The molecule has 1 rings (SSSR count). The summed E-state index contributed by atoms with van der Waals surface area (Å²) < 4.78 is 0. The first-order chi connectivity index (χ1) is 6.09. The molecule has 1 aliphatic rings. The van der Waals surface area contributed by atoms with Gasteiger partial charge in [0.05, 0.1) is 0 Å². The summed E-state index contributed by atoms with van der Waals surface area (Å²) in [5.74, 6) is 0.847. The molecule has 1 saturated carbocycles. The van der Waals surface area contributed by atoms with Crippen LogP contribution >= 0.6 is 9.24 Å². The second-order valence-corrected chi connectivity index (χ2v) is 8.13. The van der Waals surface area contributed by atoms with Gasteiger partial charge in [0.25, 0.3) is 0 Å². The maximum absolute atomic E-state index is 3.20. The van der Waals surface area contributed by atoms with Crippen LogP contribution in [0.5, 0.6) is 0 Å². The van der Waals surface area contributed by atoms with Gasteiger partial charge >= 0.3 is 0 Å². The van der Waals surface area contributed by atoms with Crippen molar-refractivity contribution in [2.75, 3.05) is 0 Å². The molecule has 0 aromatic rings. The zero-order chi connectivity index (χ0) is 11.2. The zero-order valence-corrected chi connectivity index (χ0v) is 11.9. The fraction of sp³-hybridized carbons (Fsp3) is 1.00. The van der Waals surface area contributed by atoms with Crippen LogP contribution in [0.25, 0.3) is 0 Å². The Hall–Kier alpha value is 0.430. The highest BCUT2D eigenvalue weighted by molar-refractivity contribution is 7.19. The highest BCUT2D eigenvalue weighted by Crippen LogP contribution is 2.58. The first kappa shape index (κ1) is 12.5. The van der Waals surface area contributed by atoms with Crippen LogP contribution in [0.1, 0.15) is 60.8 Å². The molecule has 84 valence electrons. The van der Waals surface area contributed by atoms with Crippen molar-refractivity contribution in [3.05, 3.63) is 0 Å². The van der Waals surface area contributed by atoms with Gasteiger partial charge < -0.3 is 0 Å². The van der Waals surface area contributed by atoms with Gasteiger partial charge in [0, 0.05) is 0 Å². The van der Waals surface area contributed by atoms with Gasteiger partial charge in [-0.2, -0.15) is 0 Å². The summed E-state index contributed by atoms with van der Waals surface area (Å²) in [5.41, 5.74) is 0.859. The summed E-state index contributed by atoms with van der Waals surface area (Å²) in [6.07, 6.45) is 4.19. The van der Waals surface area contributed by atoms with E-state index in [0.717, 1.165) is 5.92 Å². The monoisotopic (exact) mass is 214 g/mol. The zero-order valence-electron chi connectivity index (χ0n) is 10.8. The minimum absolute atomic E-state index is 0.409. The summed E-state index contributed by atoms with van der Waals surface area (Å²) >= 11 is 0. The minimum atomic E-state index is 0.409. The lowest BCUT2D eigenvalue weighted by atomic mass is 9.65. The molecule has 0 aromatic carbocycles. The van der Waals surface area contributed by atoms with Crippen LogP contribution in [0.2, 0.25) is 0 Å². The SMILES string of the molecule is CC(C)(C)C1CCCC1(P)C(C)(C)C. The normalized spacial score (nSPS) is 34.9. The van der Waals surface area contributed by atoms with E-state index in [4.69, 9.17) is 0 Å². The van der Waals surface area contributed by atoms with Crippen molar-refractivity contribution in [3.63, 3.8) is 0 Å². The Morgan fingerprint density at radius 1 is 1.07 bits per heavy atom. The van der Waals surface area contributed by atoms with Gasteiger partial charge in [0.15, 0.2) is 0 Å². The van der Waals surface area contributed by atoms with Crippen molar-refractivity contribution in [2.24, 2.45) is 16.7 Å². The maximum atomic E-state index is 3.20. The number of hydrogen-bond donors (Lipinski definition) is 0. The lowest BCUT2D eigenvalue weighted by molar-refractivity contribution is 0.128. The predicted octanol–water partition coefficient (Wildman–Crippen LogP) is 4.49. The topological polar surface area (TPSA) is 0 Å². The molecule has 3 atom stereocenters. The highest BCUT2D eigenvalue weighted by Gasteiger charge is 2.51. The van der Waals surface area contributed by atoms with E-state index in [1.807, 2.05) is 0 Å². The molecule has 0 N–H and O–H groups in total. The lowest BCUT2D eigenvalue weighted by Gasteiger charge is -2.48. The van der Waals surface area contributed by atoms with E-state index in [1.165, 1.54) is 19.3 Å². The van der Waals surface area contributed by atoms with Crippen LogP contribution in [0.15, 0.2) is 0 Å². The van der Waals surface area contributed by atoms with Crippen molar-refractivity contribution < 1.29 is 0 Å². The fourth-order valence-electron chi connectivity index (χ4n) is 3.13. The lowest BCUT2D eigenvalue weighted by Crippen LogP contribution is -2.45. The predicted molar refractivity (Wildman–Crippen MR) is 68.7 cm³/mol. The van der Waals surface area contributed by atoms with Crippen molar-refractivity contribution in [3.8, 4) is 0 Å². The van der Waals surface area contributed by atoms with Gasteiger partial charge in [-0.1, -0.05) is 48.0 Å². The average molecular weight is 214 g/mol. The van der Waals surface area contributed by atoms with E-state index in [0.29, 0.717) is 16.0 Å². The first-order valence-electron chi connectivity index (χ1n) is 5.88. The molecule has 0 aliphatic heterocycles. The quantitative estimate of drug-likeness (QED) is 0.521. The number of hydrogen-bond acceptors (Lipinski definition) is 0. The van der Waals surface area contributed by atoms with Crippen LogP contribution in [0.3, 0.4) is 0 Å². The van der Waals surface area contributed by atoms with Gasteiger partial charge in [0.2, 0.25) is 0 Å². The van der Waals surface area contributed by atoms with Crippen molar-refractivity contribution >= 4 is 9.24 Å². The Bertz CT molecular complexity index is 206. The molecular weight excluding hydrogens is 187 g/mol. The molecular formula is C13H27P. The average Bonchev–Trinajstić information content (AvgIpc) is 2.28. The molecule has 0 heterocycles. The molecule has 1 heteroatoms. The maximum Gasteiger partial charge on any atom is -0.00687 e. The molecule has 0 amide bonds. The van der Waals surface area contributed by atoms with Gasteiger partial charge in [0.1, 0.15) is 0 Å². The molecule has 1 fully saturated rings. The van der Waals surface area contributed by atoms with Gasteiger partial charge in [-0.05, 0) is 34.7 Å². The fourth-order valence-corrected chi connectivity index (χ4v) is 4.00. The van der Waals surface area contributed by atoms with Crippen molar-refractivity contribution in [1.82, 2.24) is 0 Å². The van der Waals surface area contributed by atoms with E-state index >= 15 is 0 Å². The molecule has 3 unspecified atom stereocenters. The van der Waals surface area contributed by atoms with Crippen LogP contribution in [-0.2, 0) is 0 Å². The van der Waals surface area contributed by atoms with E-state index < -0.39 is 0 Å². The Morgan fingerprint density at radius 3 is 1.86 bits per heavy atom. The Kier molecular flexibility index (Phi) is 3.10. The van der Waals surface area contributed by atoms with E-state index in [1.54, 1.807) is 0 Å². The van der Waals surface area contributed by atoms with Crippen molar-refractivity contribution in [1.29, 1.82) is 0 Å². The highest BCUT2D eigenvalue weighted by atomic mass is 31.0. The molecule has 0 aromatic heterocycles. The second kappa shape index (κ2) is 3.48. The van der Waals surface area contributed by atoms with Gasteiger partial charge in [-0.25, -0.2) is 0 Å². The molecule has 0 radical (unpaired) electrons. The summed E-state index contributed by atoms with van der Waals surface area (Å²) in [4.78, 5) is 0. The second-order valence-electron chi connectivity index (χ2n) is 7.10. The number of rotatable bonds is 0. The molecule has 1 aliphatic carbocycles.